The van der Waals surface area contributed by atoms with Crippen LogP contribution in [0.3, 0.4) is 0 Å². The number of esters is 1. The second-order valence-electron chi connectivity index (χ2n) is 5.30. The summed E-state index contributed by atoms with van der Waals surface area (Å²) < 4.78 is 36.5. The Balaban J connectivity index is 1.99. The Morgan fingerprint density at radius 2 is 1.92 bits per heavy atom. The molecule has 2 rings (SSSR count). The number of benzene rings is 2. The molecule has 1 N–H and O–H groups in total. The highest BCUT2D eigenvalue weighted by Gasteiger charge is 2.15. The molecule has 0 bridgehead atoms. The molecule has 0 aliphatic carbocycles. The van der Waals surface area contributed by atoms with Gasteiger partial charge in [0.1, 0.15) is 6.61 Å². The van der Waals surface area contributed by atoms with Gasteiger partial charge in [0.25, 0.3) is 0 Å². The summed E-state index contributed by atoms with van der Waals surface area (Å²) >= 11 is 0. The van der Waals surface area contributed by atoms with Gasteiger partial charge >= 0.3 is 5.97 Å². The highest BCUT2D eigenvalue weighted by molar-refractivity contribution is 7.89. The van der Waals surface area contributed by atoms with Crippen LogP contribution >= 0.6 is 0 Å². The van der Waals surface area contributed by atoms with Gasteiger partial charge in [-0.3, -0.25) is 0 Å². The standard InChI is InChI=1S/C18H18N2O5S/c1-24-10-9-20-26(22,23)17-7-5-16(6-8-17)18(21)25-13-15-4-2-3-14(11-15)12-19/h2-8,11,20H,9-10,13H2,1H3. The third-order valence-electron chi connectivity index (χ3n) is 3.42. The van der Waals surface area contributed by atoms with E-state index >= 15 is 0 Å². The van der Waals surface area contributed by atoms with Gasteiger partial charge in [0.15, 0.2) is 0 Å². The predicted molar refractivity (Wildman–Crippen MR) is 93.8 cm³/mol. The fourth-order valence-corrected chi connectivity index (χ4v) is 3.11. The maximum Gasteiger partial charge on any atom is 0.338 e. The molecule has 0 saturated carbocycles. The van der Waals surface area contributed by atoms with Crippen molar-refractivity contribution in [1.29, 1.82) is 5.26 Å². The topological polar surface area (TPSA) is 105 Å². The average molecular weight is 374 g/mol. The van der Waals surface area contributed by atoms with Crippen molar-refractivity contribution in [3.05, 3.63) is 65.2 Å². The van der Waals surface area contributed by atoms with Gasteiger partial charge in [0, 0.05) is 13.7 Å². The highest BCUT2D eigenvalue weighted by Crippen LogP contribution is 2.13. The van der Waals surface area contributed by atoms with E-state index in [1.165, 1.54) is 31.4 Å². The highest BCUT2D eigenvalue weighted by atomic mass is 32.2. The van der Waals surface area contributed by atoms with Gasteiger partial charge in [-0.25, -0.2) is 17.9 Å². The summed E-state index contributed by atoms with van der Waals surface area (Å²) in [5.74, 6) is -0.580. The molecule has 0 spiro atoms. The van der Waals surface area contributed by atoms with Crippen LogP contribution in [-0.4, -0.2) is 34.6 Å². The Kier molecular flexibility index (Phi) is 6.86. The Morgan fingerprint density at radius 3 is 2.58 bits per heavy atom. The second kappa shape index (κ2) is 9.10. The molecule has 8 heteroatoms. The van der Waals surface area contributed by atoms with Crippen LogP contribution in [0.2, 0.25) is 0 Å². The van der Waals surface area contributed by atoms with Crippen LogP contribution < -0.4 is 4.72 Å². The molecule has 0 saturated heterocycles. The van der Waals surface area contributed by atoms with Crippen molar-refractivity contribution in [3.63, 3.8) is 0 Å². The van der Waals surface area contributed by atoms with E-state index in [0.717, 1.165) is 0 Å². The number of hydrogen-bond acceptors (Lipinski definition) is 6. The van der Waals surface area contributed by atoms with Gasteiger partial charge in [0.05, 0.1) is 28.7 Å². The minimum absolute atomic E-state index is 0.0208. The van der Waals surface area contributed by atoms with Crippen molar-refractivity contribution < 1.29 is 22.7 Å². The second-order valence-corrected chi connectivity index (χ2v) is 7.07. The van der Waals surface area contributed by atoms with E-state index in [2.05, 4.69) is 4.72 Å². The van der Waals surface area contributed by atoms with Gasteiger partial charge in [-0.05, 0) is 42.0 Å². The molecule has 0 amide bonds. The first-order valence-electron chi connectivity index (χ1n) is 7.71. The zero-order valence-electron chi connectivity index (χ0n) is 14.1. The van der Waals surface area contributed by atoms with Crippen molar-refractivity contribution in [3.8, 4) is 6.07 Å². The van der Waals surface area contributed by atoms with E-state index in [9.17, 15) is 13.2 Å². The molecule has 26 heavy (non-hydrogen) atoms. The maximum absolute atomic E-state index is 12.1. The predicted octanol–water partition coefficient (Wildman–Crippen LogP) is 1.84. The SMILES string of the molecule is COCCNS(=O)(=O)c1ccc(C(=O)OCc2cccc(C#N)c2)cc1. The van der Waals surface area contributed by atoms with E-state index in [1.807, 2.05) is 6.07 Å². The molecule has 2 aromatic rings. The molecular formula is C18H18N2O5S. The quantitative estimate of drug-likeness (QED) is 0.558. The van der Waals surface area contributed by atoms with Crippen LogP contribution in [0.15, 0.2) is 53.4 Å². The Bertz CT molecular complexity index is 902. The van der Waals surface area contributed by atoms with E-state index in [1.54, 1.807) is 24.3 Å². The number of carbonyl (C=O) groups excluding carboxylic acids is 1. The van der Waals surface area contributed by atoms with Crippen LogP contribution in [0.25, 0.3) is 0 Å². The van der Waals surface area contributed by atoms with Gasteiger partial charge in [0.2, 0.25) is 10.0 Å². The monoisotopic (exact) mass is 374 g/mol. The van der Waals surface area contributed by atoms with Crippen molar-refractivity contribution in [2.45, 2.75) is 11.5 Å². The summed E-state index contributed by atoms with van der Waals surface area (Å²) in [7, 11) is -2.17. The summed E-state index contributed by atoms with van der Waals surface area (Å²) in [6, 6.07) is 14.2. The van der Waals surface area contributed by atoms with E-state index < -0.39 is 16.0 Å². The lowest BCUT2D eigenvalue weighted by Crippen LogP contribution is -2.27. The third kappa shape index (κ3) is 5.39. The number of nitrogens with zero attached hydrogens (tertiary/aromatic N) is 1. The number of sulfonamides is 1. The van der Waals surface area contributed by atoms with Gasteiger partial charge < -0.3 is 9.47 Å². The molecule has 7 nitrogen and oxygen atoms in total. The third-order valence-corrected chi connectivity index (χ3v) is 4.90. The van der Waals surface area contributed by atoms with Crippen LogP contribution in [0.5, 0.6) is 0 Å². The van der Waals surface area contributed by atoms with Crippen molar-refractivity contribution in [2.24, 2.45) is 0 Å². The summed E-state index contributed by atoms with van der Waals surface area (Å²) in [6.45, 7) is 0.438. The molecular weight excluding hydrogens is 356 g/mol. The van der Waals surface area contributed by atoms with E-state index in [-0.39, 0.29) is 30.2 Å². The van der Waals surface area contributed by atoms with E-state index in [4.69, 9.17) is 14.7 Å². The summed E-state index contributed by atoms with van der Waals surface area (Å²) in [4.78, 5) is 12.1. The van der Waals surface area contributed by atoms with Crippen molar-refractivity contribution in [1.82, 2.24) is 4.72 Å². The lowest BCUT2D eigenvalue weighted by Gasteiger charge is -2.08. The number of nitriles is 1. The molecule has 0 radical (unpaired) electrons. The number of ether oxygens (including phenoxy) is 2. The van der Waals surface area contributed by atoms with Crippen molar-refractivity contribution in [2.75, 3.05) is 20.3 Å². The first-order chi connectivity index (χ1) is 12.5. The van der Waals surface area contributed by atoms with Crippen LogP contribution in [0, 0.1) is 11.3 Å². The lowest BCUT2D eigenvalue weighted by molar-refractivity contribution is 0.0472. The first-order valence-corrected chi connectivity index (χ1v) is 9.19. The fourth-order valence-electron chi connectivity index (χ4n) is 2.09. The normalized spacial score (nSPS) is 10.9. The molecule has 0 aliphatic heterocycles. The molecule has 0 atom stereocenters. The molecule has 0 unspecified atom stereocenters. The molecule has 136 valence electrons. The Hall–Kier alpha value is -2.73. The molecule has 0 aliphatic rings. The maximum atomic E-state index is 12.1. The summed E-state index contributed by atoms with van der Waals surface area (Å²) in [5, 5.41) is 8.86. The fraction of sp³-hybridized carbons (Fsp3) is 0.222. The summed E-state index contributed by atoms with van der Waals surface area (Å²) in [5.41, 5.74) is 1.41. The summed E-state index contributed by atoms with van der Waals surface area (Å²) in [6.07, 6.45) is 0. The Labute approximate surface area is 152 Å². The molecule has 2 aromatic carbocycles. The van der Waals surface area contributed by atoms with Gasteiger partial charge in [-0.15, -0.1) is 0 Å². The first kappa shape index (κ1) is 19.6. The number of nitrogens with one attached hydrogen (secondary N) is 1. The largest absolute Gasteiger partial charge is 0.457 e. The Morgan fingerprint density at radius 1 is 1.19 bits per heavy atom. The van der Waals surface area contributed by atoms with Crippen molar-refractivity contribution >= 4 is 16.0 Å². The zero-order chi connectivity index (χ0) is 19.0. The molecule has 0 fully saturated rings. The number of hydrogen-bond donors (Lipinski definition) is 1. The smallest absolute Gasteiger partial charge is 0.338 e. The lowest BCUT2D eigenvalue weighted by atomic mass is 10.1. The van der Waals surface area contributed by atoms with Crippen LogP contribution in [0.4, 0.5) is 0 Å². The number of carbonyl (C=O) groups is 1. The number of methoxy groups -OCH3 is 1. The molecule has 0 heterocycles. The van der Waals surface area contributed by atoms with E-state index in [0.29, 0.717) is 11.1 Å². The minimum Gasteiger partial charge on any atom is -0.457 e. The number of rotatable bonds is 8. The average Bonchev–Trinajstić information content (AvgIpc) is 2.66. The molecule has 0 aromatic heterocycles. The van der Waals surface area contributed by atoms with Gasteiger partial charge in [-0.1, -0.05) is 12.1 Å². The minimum atomic E-state index is -3.65. The van der Waals surface area contributed by atoms with Crippen LogP contribution in [-0.2, 0) is 26.1 Å². The van der Waals surface area contributed by atoms with Gasteiger partial charge in [-0.2, -0.15) is 5.26 Å². The zero-order valence-corrected chi connectivity index (χ0v) is 15.0. The van der Waals surface area contributed by atoms with Crippen LogP contribution in [0.1, 0.15) is 21.5 Å².